The van der Waals surface area contributed by atoms with E-state index in [-0.39, 0.29) is 24.0 Å². The van der Waals surface area contributed by atoms with E-state index < -0.39 is 5.54 Å². The lowest BCUT2D eigenvalue weighted by molar-refractivity contribution is -0.162. The molecule has 1 aromatic carbocycles. The number of piperidine rings is 1. The molecule has 3 aliphatic rings. The van der Waals surface area contributed by atoms with E-state index in [1.54, 1.807) is 0 Å². The molecule has 7 heteroatoms. The predicted octanol–water partition coefficient (Wildman–Crippen LogP) is 5.56. The summed E-state index contributed by atoms with van der Waals surface area (Å²) < 4.78 is 5.76. The van der Waals surface area contributed by atoms with Crippen molar-refractivity contribution in [3.63, 3.8) is 0 Å². The Morgan fingerprint density at radius 3 is 2.50 bits per heavy atom. The Morgan fingerprint density at radius 2 is 1.86 bits per heavy atom. The number of unbranched alkanes of at least 4 members (excludes halogenated alkanes) is 1. The van der Waals surface area contributed by atoms with E-state index in [1.807, 2.05) is 36.9 Å². The summed E-state index contributed by atoms with van der Waals surface area (Å²) in [4.78, 5) is 31.7. The minimum absolute atomic E-state index is 0.0619. The summed E-state index contributed by atoms with van der Waals surface area (Å²) in [5.74, 6) is 1.54. The summed E-state index contributed by atoms with van der Waals surface area (Å²) in [6.45, 7) is 9.07. The van der Waals surface area contributed by atoms with Gasteiger partial charge in [-0.25, -0.2) is 0 Å². The van der Waals surface area contributed by atoms with Crippen LogP contribution in [0.1, 0.15) is 90.5 Å². The van der Waals surface area contributed by atoms with Gasteiger partial charge in [-0.15, -0.1) is 0 Å². The van der Waals surface area contributed by atoms with Crippen LogP contribution >= 0.6 is 11.6 Å². The first-order chi connectivity index (χ1) is 17.3. The summed E-state index contributed by atoms with van der Waals surface area (Å²) in [5, 5.41) is 3.90. The Bertz CT molecular complexity index is 907. The third kappa shape index (κ3) is 6.19. The fourth-order valence-electron chi connectivity index (χ4n) is 6.25. The molecule has 1 atom stereocenters. The zero-order chi connectivity index (χ0) is 25.7. The zero-order valence-electron chi connectivity index (χ0n) is 22.4. The van der Waals surface area contributed by atoms with E-state index in [1.165, 1.54) is 32.1 Å². The van der Waals surface area contributed by atoms with Crippen LogP contribution in [0.25, 0.3) is 0 Å². The molecule has 2 aliphatic heterocycles. The quantitative estimate of drug-likeness (QED) is 0.466. The lowest BCUT2D eigenvalue weighted by atomic mass is 9.79. The molecular formula is C29H44ClN3O3. The van der Waals surface area contributed by atoms with Gasteiger partial charge in [-0.3, -0.25) is 14.5 Å². The third-order valence-corrected chi connectivity index (χ3v) is 8.66. The third-order valence-electron chi connectivity index (χ3n) is 8.31. The molecule has 36 heavy (non-hydrogen) atoms. The zero-order valence-corrected chi connectivity index (χ0v) is 23.1. The number of hydrogen-bond donors (Lipinski definition) is 1. The fourth-order valence-corrected chi connectivity index (χ4v) is 6.48. The van der Waals surface area contributed by atoms with Gasteiger partial charge in [-0.2, -0.15) is 0 Å². The molecule has 1 N–H and O–H groups in total. The van der Waals surface area contributed by atoms with E-state index in [0.29, 0.717) is 30.3 Å². The van der Waals surface area contributed by atoms with Gasteiger partial charge in [0.05, 0.1) is 6.10 Å². The van der Waals surface area contributed by atoms with Gasteiger partial charge in [0.2, 0.25) is 11.8 Å². The Balaban J connectivity index is 1.42. The van der Waals surface area contributed by atoms with Gasteiger partial charge in [-0.05, 0) is 63.1 Å². The average molecular weight is 518 g/mol. The minimum Gasteiger partial charge on any atom is -0.491 e. The van der Waals surface area contributed by atoms with Crippen LogP contribution in [0.5, 0.6) is 5.75 Å². The first kappa shape index (κ1) is 27.3. The van der Waals surface area contributed by atoms with Crippen molar-refractivity contribution in [3.05, 3.63) is 28.8 Å². The van der Waals surface area contributed by atoms with Crippen LogP contribution in [0, 0.1) is 5.92 Å². The molecule has 1 saturated carbocycles. The Morgan fingerprint density at radius 1 is 1.14 bits per heavy atom. The molecule has 6 nitrogen and oxygen atoms in total. The highest BCUT2D eigenvalue weighted by atomic mass is 35.5. The lowest BCUT2D eigenvalue weighted by Crippen LogP contribution is -2.73. The molecule has 0 bridgehead atoms. The summed E-state index contributed by atoms with van der Waals surface area (Å²) >= 11 is 6.57. The first-order valence-corrected chi connectivity index (χ1v) is 14.5. The maximum absolute atomic E-state index is 13.7. The predicted molar refractivity (Wildman–Crippen MR) is 144 cm³/mol. The second-order valence-electron chi connectivity index (χ2n) is 11.3. The second kappa shape index (κ2) is 12.2. The van der Waals surface area contributed by atoms with Crippen LogP contribution in [-0.2, 0) is 16.1 Å². The molecule has 1 spiro atoms. The van der Waals surface area contributed by atoms with Gasteiger partial charge in [-0.1, -0.05) is 63.1 Å². The van der Waals surface area contributed by atoms with Crippen LogP contribution in [0.15, 0.2) is 18.2 Å². The molecule has 200 valence electrons. The molecule has 0 aromatic heterocycles. The Kier molecular flexibility index (Phi) is 9.21. The molecule has 0 radical (unpaired) electrons. The van der Waals surface area contributed by atoms with Crippen LogP contribution in [0.4, 0.5) is 0 Å². The van der Waals surface area contributed by atoms with Crippen molar-refractivity contribution in [1.82, 2.24) is 15.1 Å². The number of nitrogens with one attached hydrogen (secondary N) is 1. The largest absolute Gasteiger partial charge is 0.491 e. The van der Waals surface area contributed by atoms with E-state index in [9.17, 15) is 9.59 Å². The molecule has 4 rings (SSSR count). The van der Waals surface area contributed by atoms with E-state index in [0.717, 1.165) is 50.2 Å². The van der Waals surface area contributed by atoms with Crippen molar-refractivity contribution < 1.29 is 14.3 Å². The van der Waals surface area contributed by atoms with Crippen LogP contribution in [0.2, 0.25) is 5.02 Å². The molecule has 2 amide bonds. The SMILES string of the molecule is CCCCN1C(=O)C(CC2CCCCC2)NC(=O)C12CCN(Cc1ccc(OC(C)C)cc1Cl)CC2. The highest BCUT2D eigenvalue weighted by molar-refractivity contribution is 6.31. The number of carbonyl (C=O) groups is 2. The minimum atomic E-state index is -0.718. The van der Waals surface area contributed by atoms with Crippen LogP contribution in [0.3, 0.4) is 0 Å². The lowest BCUT2D eigenvalue weighted by Gasteiger charge is -2.52. The van der Waals surface area contributed by atoms with Gasteiger partial charge >= 0.3 is 0 Å². The van der Waals surface area contributed by atoms with Crippen molar-refractivity contribution in [2.24, 2.45) is 5.92 Å². The number of piperazine rings is 1. The van der Waals surface area contributed by atoms with Gasteiger partial charge in [0.25, 0.3) is 0 Å². The number of nitrogens with zero attached hydrogens (tertiary/aromatic N) is 2. The Hall–Kier alpha value is -1.79. The summed E-state index contributed by atoms with van der Waals surface area (Å²) in [6.07, 6.45) is 10.3. The van der Waals surface area contributed by atoms with E-state index in [2.05, 4.69) is 17.1 Å². The van der Waals surface area contributed by atoms with Gasteiger partial charge in [0, 0.05) is 31.2 Å². The molecule has 3 fully saturated rings. The van der Waals surface area contributed by atoms with E-state index in [4.69, 9.17) is 16.3 Å². The summed E-state index contributed by atoms with van der Waals surface area (Å²) in [6, 6.07) is 5.53. The maximum atomic E-state index is 13.7. The smallest absolute Gasteiger partial charge is 0.246 e. The fraction of sp³-hybridized carbons (Fsp3) is 0.724. The Labute approximate surface area is 222 Å². The van der Waals surface area contributed by atoms with Gasteiger partial charge in [0.1, 0.15) is 17.3 Å². The van der Waals surface area contributed by atoms with Gasteiger partial charge in [0.15, 0.2) is 0 Å². The van der Waals surface area contributed by atoms with Crippen molar-refractivity contribution in [2.75, 3.05) is 19.6 Å². The second-order valence-corrected chi connectivity index (χ2v) is 11.7. The van der Waals surface area contributed by atoms with Crippen molar-refractivity contribution in [2.45, 2.75) is 109 Å². The highest BCUT2D eigenvalue weighted by Gasteiger charge is 2.53. The number of hydrogen-bond acceptors (Lipinski definition) is 4. The number of likely N-dealkylation sites (tertiary alicyclic amines) is 1. The van der Waals surface area contributed by atoms with E-state index >= 15 is 0 Å². The standard InChI is InChI=1S/C29H44ClN3O3/c1-4-5-15-33-27(34)26(18-22-9-7-6-8-10-22)31-28(35)29(33)13-16-32(17-14-29)20-23-11-12-24(19-25(23)30)36-21(2)3/h11-12,19,21-22,26H,4-10,13-18,20H2,1-3H3,(H,31,35). The van der Waals surface area contributed by atoms with Crippen LogP contribution < -0.4 is 10.1 Å². The molecule has 1 aliphatic carbocycles. The number of rotatable bonds is 9. The normalized spacial score (nSPS) is 23.4. The number of halogens is 1. The molecule has 1 unspecified atom stereocenters. The highest BCUT2D eigenvalue weighted by Crippen LogP contribution is 2.36. The summed E-state index contributed by atoms with van der Waals surface area (Å²) in [5.41, 5.74) is 0.341. The van der Waals surface area contributed by atoms with Crippen molar-refractivity contribution in [3.8, 4) is 5.75 Å². The van der Waals surface area contributed by atoms with Crippen LogP contribution in [-0.4, -0.2) is 58.9 Å². The van der Waals surface area contributed by atoms with Crippen molar-refractivity contribution in [1.29, 1.82) is 0 Å². The average Bonchev–Trinajstić information content (AvgIpc) is 2.86. The van der Waals surface area contributed by atoms with Gasteiger partial charge < -0.3 is 15.0 Å². The molecule has 1 aromatic rings. The number of carbonyl (C=O) groups excluding carboxylic acids is 2. The molecule has 2 heterocycles. The monoisotopic (exact) mass is 517 g/mol. The maximum Gasteiger partial charge on any atom is 0.246 e. The topological polar surface area (TPSA) is 61.9 Å². The molecular weight excluding hydrogens is 474 g/mol. The number of ether oxygens (including phenoxy) is 1. The van der Waals surface area contributed by atoms with Crippen molar-refractivity contribution >= 4 is 23.4 Å². The summed E-state index contributed by atoms with van der Waals surface area (Å²) in [7, 11) is 0. The number of amides is 2. The molecule has 2 saturated heterocycles. The first-order valence-electron chi connectivity index (χ1n) is 14.1. The number of benzene rings is 1.